The molecule has 0 aliphatic carbocycles. The van der Waals surface area contributed by atoms with Gasteiger partial charge >= 0.3 is 12.1 Å². The number of rotatable bonds is 6. The second-order valence-electron chi connectivity index (χ2n) is 8.63. The normalized spacial score (nSPS) is 18.1. The number of esters is 1. The summed E-state index contributed by atoms with van der Waals surface area (Å²) in [5.74, 6) is -0.761. The van der Waals surface area contributed by atoms with E-state index in [1.807, 2.05) is 23.1 Å². The lowest BCUT2D eigenvalue weighted by Crippen LogP contribution is -2.37. The molecule has 1 fully saturated rings. The number of hydrogen-bond acceptors (Lipinski definition) is 4. The Morgan fingerprint density at radius 3 is 2.44 bits per heavy atom. The predicted octanol–water partition coefficient (Wildman–Crippen LogP) is 5.57. The largest absolute Gasteiger partial charge is 0.468 e. The van der Waals surface area contributed by atoms with Gasteiger partial charge in [0.2, 0.25) is 0 Å². The number of carbonyl (C=O) groups excluding carboxylic acids is 2. The van der Waals surface area contributed by atoms with Crippen LogP contribution in [0.5, 0.6) is 0 Å². The molecule has 36 heavy (non-hydrogen) atoms. The molecule has 0 aromatic heterocycles. The SMILES string of the molecule is COC(=O)[C@@H]1C[C@H](NC(=O)c2ccccc2-c2ccc(C(F)(F)F)cc2)CN1Cc1cccc(Cl)c1. The lowest BCUT2D eigenvalue weighted by atomic mass is 9.98. The van der Waals surface area contributed by atoms with Crippen LogP contribution >= 0.6 is 11.6 Å². The van der Waals surface area contributed by atoms with Crippen molar-refractivity contribution < 1.29 is 27.5 Å². The third-order valence-electron chi connectivity index (χ3n) is 6.18. The van der Waals surface area contributed by atoms with Crippen LogP contribution in [0.15, 0.2) is 72.8 Å². The van der Waals surface area contributed by atoms with Crippen molar-refractivity contribution in [2.45, 2.75) is 31.2 Å². The molecule has 3 aromatic carbocycles. The first-order valence-corrected chi connectivity index (χ1v) is 11.7. The Morgan fingerprint density at radius 2 is 1.78 bits per heavy atom. The number of likely N-dealkylation sites (tertiary alicyclic amines) is 1. The molecule has 2 atom stereocenters. The summed E-state index contributed by atoms with van der Waals surface area (Å²) >= 11 is 6.10. The van der Waals surface area contributed by atoms with Crippen molar-refractivity contribution in [3.63, 3.8) is 0 Å². The van der Waals surface area contributed by atoms with Gasteiger partial charge in [-0.2, -0.15) is 13.2 Å². The molecule has 1 aliphatic rings. The molecule has 0 radical (unpaired) electrons. The van der Waals surface area contributed by atoms with E-state index < -0.39 is 17.8 Å². The fourth-order valence-electron chi connectivity index (χ4n) is 4.47. The smallest absolute Gasteiger partial charge is 0.416 e. The van der Waals surface area contributed by atoms with E-state index in [9.17, 15) is 22.8 Å². The quantitative estimate of drug-likeness (QED) is 0.435. The van der Waals surface area contributed by atoms with Crippen molar-refractivity contribution in [3.8, 4) is 11.1 Å². The zero-order valence-corrected chi connectivity index (χ0v) is 20.1. The highest BCUT2D eigenvalue weighted by Gasteiger charge is 2.38. The molecule has 0 saturated carbocycles. The fourth-order valence-corrected chi connectivity index (χ4v) is 4.68. The highest BCUT2D eigenvalue weighted by atomic mass is 35.5. The molecular weight excluding hydrogens is 493 g/mol. The second-order valence-corrected chi connectivity index (χ2v) is 9.06. The van der Waals surface area contributed by atoms with Gasteiger partial charge in [0.1, 0.15) is 6.04 Å². The molecule has 1 N–H and O–H groups in total. The van der Waals surface area contributed by atoms with Gasteiger partial charge in [-0.05, 0) is 53.4 Å². The summed E-state index contributed by atoms with van der Waals surface area (Å²) in [6.45, 7) is 0.870. The summed E-state index contributed by atoms with van der Waals surface area (Å²) < 4.78 is 43.8. The number of nitrogens with one attached hydrogen (secondary N) is 1. The maximum Gasteiger partial charge on any atom is 0.416 e. The predicted molar refractivity (Wildman–Crippen MR) is 130 cm³/mol. The van der Waals surface area contributed by atoms with E-state index in [0.717, 1.165) is 17.7 Å². The molecule has 0 unspecified atom stereocenters. The van der Waals surface area contributed by atoms with Gasteiger partial charge in [-0.1, -0.05) is 54.1 Å². The third kappa shape index (κ3) is 5.88. The van der Waals surface area contributed by atoms with E-state index in [4.69, 9.17) is 16.3 Å². The van der Waals surface area contributed by atoms with Crippen LogP contribution in [0.1, 0.15) is 27.9 Å². The zero-order valence-electron chi connectivity index (χ0n) is 19.4. The lowest BCUT2D eigenvalue weighted by Gasteiger charge is -2.22. The topological polar surface area (TPSA) is 58.6 Å². The third-order valence-corrected chi connectivity index (χ3v) is 6.42. The zero-order chi connectivity index (χ0) is 25.9. The van der Waals surface area contributed by atoms with Crippen LogP contribution in [0, 0.1) is 0 Å². The Labute approximate surface area is 211 Å². The van der Waals surface area contributed by atoms with Gasteiger partial charge in [-0.15, -0.1) is 0 Å². The minimum Gasteiger partial charge on any atom is -0.468 e. The molecule has 1 amide bonds. The first-order valence-electron chi connectivity index (χ1n) is 11.3. The number of carbonyl (C=O) groups is 2. The number of benzene rings is 3. The second kappa shape index (κ2) is 10.7. The maximum atomic E-state index is 13.2. The summed E-state index contributed by atoms with van der Waals surface area (Å²) in [6.07, 6.45) is -4.08. The van der Waals surface area contributed by atoms with Gasteiger partial charge in [0.15, 0.2) is 0 Å². The number of ether oxygens (including phenoxy) is 1. The highest BCUT2D eigenvalue weighted by Crippen LogP contribution is 2.32. The van der Waals surface area contributed by atoms with Crippen LogP contribution in [0.3, 0.4) is 0 Å². The van der Waals surface area contributed by atoms with Crippen LogP contribution in [-0.4, -0.2) is 42.5 Å². The van der Waals surface area contributed by atoms with Crippen LogP contribution in [0.25, 0.3) is 11.1 Å². The first-order chi connectivity index (χ1) is 17.2. The number of nitrogens with zero attached hydrogens (tertiary/aromatic N) is 1. The van der Waals surface area contributed by atoms with Crippen molar-refractivity contribution in [3.05, 3.63) is 94.5 Å². The van der Waals surface area contributed by atoms with Crippen molar-refractivity contribution in [2.75, 3.05) is 13.7 Å². The maximum absolute atomic E-state index is 13.2. The van der Waals surface area contributed by atoms with Crippen LogP contribution in [0.4, 0.5) is 13.2 Å². The Morgan fingerprint density at radius 1 is 1.06 bits per heavy atom. The Kier molecular flexibility index (Phi) is 7.66. The Hall–Kier alpha value is -3.36. The van der Waals surface area contributed by atoms with Gasteiger partial charge in [0, 0.05) is 29.7 Å². The highest BCUT2D eigenvalue weighted by molar-refractivity contribution is 6.30. The average molecular weight is 517 g/mol. The molecule has 0 bridgehead atoms. The van der Waals surface area contributed by atoms with E-state index in [2.05, 4.69) is 5.32 Å². The van der Waals surface area contributed by atoms with Crippen molar-refractivity contribution in [2.24, 2.45) is 0 Å². The minimum absolute atomic E-state index is 0.332. The van der Waals surface area contributed by atoms with Crippen LogP contribution < -0.4 is 5.32 Å². The molecule has 0 spiro atoms. The standard InChI is InChI=1S/C27H24ClF3N2O3/c1-36-26(35)24-14-21(16-33(24)15-17-5-4-6-20(28)13-17)32-25(34)23-8-3-2-7-22(23)18-9-11-19(12-10-18)27(29,30)31/h2-13,21,24H,14-16H2,1H3,(H,32,34)/t21-,24-/m0/s1. The summed E-state index contributed by atoms with van der Waals surface area (Å²) in [5, 5.41) is 3.57. The molecule has 1 heterocycles. The monoisotopic (exact) mass is 516 g/mol. The van der Waals surface area contributed by atoms with Crippen molar-refractivity contribution >= 4 is 23.5 Å². The fraction of sp³-hybridized carbons (Fsp3) is 0.259. The van der Waals surface area contributed by atoms with E-state index in [-0.39, 0.29) is 17.9 Å². The van der Waals surface area contributed by atoms with Crippen LogP contribution in [-0.2, 0) is 22.3 Å². The summed E-state index contributed by atoms with van der Waals surface area (Å²) in [6, 6.07) is 17.9. The molecule has 4 rings (SSSR count). The van der Waals surface area contributed by atoms with Crippen LogP contribution in [0.2, 0.25) is 5.02 Å². The molecule has 9 heteroatoms. The molecule has 3 aromatic rings. The van der Waals surface area contributed by atoms with Gasteiger partial charge in [-0.3, -0.25) is 14.5 Å². The Balaban J connectivity index is 1.52. The number of hydrogen-bond donors (Lipinski definition) is 1. The van der Waals surface area contributed by atoms with E-state index in [1.165, 1.54) is 19.2 Å². The number of amides is 1. The first kappa shape index (κ1) is 25.7. The van der Waals surface area contributed by atoms with Gasteiger partial charge in [-0.25, -0.2) is 0 Å². The van der Waals surface area contributed by atoms with E-state index >= 15 is 0 Å². The minimum atomic E-state index is -4.44. The number of halogens is 4. The molecule has 1 saturated heterocycles. The van der Waals surface area contributed by atoms with Crippen molar-refractivity contribution in [1.82, 2.24) is 10.2 Å². The lowest BCUT2D eigenvalue weighted by molar-refractivity contribution is -0.146. The van der Waals surface area contributed by atoms with Gasteiger partial charge < -0.3 is 10.1 Å². The van der Waals surface area contributed by atoms with Crippen molar-refractivity contribution in [1.29, 1.82) is 0 Å². The Bertz CT molecular complexity index is 1250. The molecule has 188 valence electrons. The summed E-state index contributed by atoms with van der Waals surface area (Å²) in [7, 11) is 1.33. The molecular formula is C27H24ClF3N2O3. The summed E-state index contributed by atoms with van der Waals surface area (Å²) in [5.41, 5.74) is 1.51. The van der Waals surface area contributed by atoms with Gasteiger partial charge in [0.05, 0.1) is 12.7 Å². The van der Waals surface area contributed by atoms with Gasteiger partial charge in [0.25, 0.3) is 5.91 Å². The number of alkyl halides is 3. The van der Waals surface area contributed by atoms with E-state index in [1.54, 1.807) is 30.3 Å². The summed E-state index contributed by atoms with van der Waals surface area (Å²) in [4.78, 5) is 27.6. The average Bonchev–Trinajstić information content (AvgIpc) is 3.25. The number of methoxy groups -OCH3 is 1. The molecule has 1 aliphatic heterocycles. The van der Waals surface area contributed by atoms with E-state index in [0.29, 0.717) is 41.2 Å². The molecule has 5 nitrogen and oxygen atoms in total.